The van der Waals surface area contributed by atoms with E-state index in [4.69, 9.17) is 0 Å². The minimum Gasteiger partial charge on any atom is -0.443 e. The molecule has 0 aliphatic carbocycles. The maximum absolute atomic E-state index is 10.8. The van der Waals surface area contributed by atoms with Crippen LogP contribution < -0.4 is 21.9 Å². The summed E-state index contributed by atoms with van der Waals surface area (Å²) in [5.74, 6) is 0. The van der Waals surface area contributed by atoms with Crippen LogP contribution in [0.5, 0.6) is 0 Å². The standard InChI is InChI=1S/C22H20B2O2/c1-3-19-20(4-2)22(24(26)18-13-9-6-10-14-18)16-15-21(19)23(25)17-11-7-5-8-12-17/h3-16,25-26H,1-2H2. The molecule has 0 amide bonds. The molecule has 0 unspecified atom stereocenters. The highest BCUT2D eigenvalue weighted by Gasteiger charge is 2.25. The van der Waals surface area contributed by atoms with Crippen LogP contribution >= 0.6 is 0 Å². The molecule has 2 nitrogen and oxygen atoms in total. The molecular weight excluding hydrogens is 318 g/mol. The topological polar surface area (TPSA) is 40.5 Å². The summed E-state index contributed by atoms with van der Waals surface area (Å²) < 4.78 is 0. The van der Waals surface area contributed by atoms with Crippen LogP contribution in [-0.2, 0) is 0 Å². The molecule has 0 saturated heterocycles. The van der Waals surface area contributed by atoms with Gasteiger partial charge in [0.05, 0.1) is 0 Å². The lowest BCUT2D eigenvalue weighted by Crippen LogP contribution is -2.48. The Bertz CT molecular complexity index is 832. The van der Waals surface area contributed by atoms with Crippen molar-refractivity contribution in [3.8, 4) is 0 Å². The second-order valence-electron chi connectivity index (χ2n) is 6.11. The fourth-order valence-electron chi connectivity index (χ4n) is 3.23. The number of rotatable bonds is 6. The molecule has 4 heteroatoms. The molecule has 0 aliphatic heterocycles. The van der Waals surface area contributed by atoms with E-state index in [9.17, 15) is 10.0 Å². The van der Waals surface area contributed by atoms with Gasteiger partial charge in [0.1, 0.15) is 0 Å². The summed E-state index contributed by atoms with van der Waals surface area (Å²) >= 11 is 0. The second kappa shape index (κ2) is 8.05. The third-order valence-electron chi connectivity index (χ3n) is 4.58. The van der Waals surface area contributed by atoms with Gasteiger partial charge in [0.2, 0.25) is 0 Å². The van der Waals surface area contributed by atoms with E-state index < -0.39 is 13.8 Å². The highest BCUT2D eigenvalue weighted by atomic mass is 16.2. The van der Waals surface area contributed by atoms with Crippen molar-refractivity contribution in [2.75, 3.05) is 0 Å². The highest BCUT2D eigenvalue weighted by molar-refractivity contribution is 6.81. The summed E-state index contributed by atoms with van der Waals surface area (Å²) in [6.07, 6.45) is 3.42. The van der Waals surface area contributed by atoms with Gasteiger partial charge in [-0.25, -0.2) is 0 Å². The Labute approximate surface area is 155 Å². The highest BCUT2D eigenvalue weighted by Crippen LogP contribution is 2.10. The van der Waals surface area contributed by atoms with Crippen LogP contribution in [0.15, 0.2) is 86.0 Å². The maximum atomic E-state index is 10.8. The van der Waals surface area contributed by atoms with Crippen molar-refractivity contribution in [1.29, 1.82) is 0 Å². The molecule has 0 radical (unpaired) electrons. The molecule has 0 heterocycles. The van der Waals surface area contributed by atoms with Crippen LogP contribution in [0, 0.1) is 0 Å². The maximum Gasteiger partial charge on any atom is 0.359 e. The van der Waals surface area contributed by atoms with Gasteiger partial charge in [-0.15, -0.1) is 0 Å². The fraction of sp³-hybridized carbons (Fsp3) is 0. The van der Waals surface area contributed by atoms with Crippen molar-refractivity contribution in [2.24, 2.45) is 0 Å². The van der Waals surface area contributed by atoms with E-state index in [2.05, 4.69) is 13.2 Å². The Hall–Kier alpha value is -2.81. The fourth-order valence-corrected chi connectivity index (χ4v) is 3.23. The smallest absolute Gasteiger partial charge is 0.359 e. The summed E-state index contributed by atoms with van der Waals surface area (Å²) in [5, 5.41) is 21.7. The molecule has 3 aromatic carbocycles. The van der Waals surface area contributed by atoms with Crippen LogP contribution in [0.2, 0.25) is 0 Å². The lowest BCUT2D eigenvalue weighted by atomic mass is 9.50. The predicted molar refractivity (Wildman–Crippen MR) is 114 cm³/mol. The van der Waals surface area contributed by atoms with Gasteiger partial charge in [-0.2, -0.15) is 0 Å². The number of hydrogen-bond donors (Lipinski definition) is 2. The first-order chi connectivity index (χ1) is 12.7. The molecule has 0 atom stereocenters. The Morgan fingerprint density at radius 1 is 0.577 bits per heavy atom. The zero-order valence-electron chi connectivity index (χ0n) is 14.5. The van der Waals surface area contributed by atoms with E-state index in [1.165, 1.54) is 0 Å². The van der Waals surface area contributed by atoms with E-state index in [1.807, 2.05) is 72.8 Å². The van der Waals surface area contributed by atoms with Gasteiger partial charge in [0.25, 0.3) is 0 Å². The third kappa shape index (κ3) is 3.43. The predicted octanol–water partition coefficient (Wildman–Crippen LogP) is 1.17. The molecule has 3 rings (SSSR count). The molecular formula is C22H20B2O2. The molecule has 0 aliphatic rings. The molecule has 126 valence electrons. The summed E-state index contributed by atoms with van der Waals surface area (Å²) in [6.45, 7) is 6.27. The molecule has 0 saturated carbocycles. The first kappa shape index (κ1) is 18.0. The Kier molecular flexibility index (Phi) is 5.57. The minimum absolute atomic E-state index is 0.741. The Morgan fingerprint density at radius 3 is 1.23 bits per heavy atom. The Balaban J connectivity index is 2.10. The van der Waals surface area contributed by atoms with E-state index >= 15 is 0 Å². The van der Waals surface area contributed by atoms with Crippen molar-refractivity contribution in [3.63, 3.8) is 0 Å². The minimum atomic E-state index is -0.772. The summed E-state index contributed by atoms with van der Waals surface area (Å²) in [6, 6.07) is 22.7. The molecule has 0 aromatic heterocycles. The SMILES string of the molecule is C=Cc1c(B(O)c2ccccc2)ccc(B(O)c2ccccc2)c1C=C. The zero-order chi connectivity index (χ0) is 18.5. The van der Waals surface area contributed by atoms with Crippen molar-refractivity contribution < 1.29 is 10.0 Å². The van der Waals surface area contributed by atoms with Crippen LogP contribution in [0.25, 0.3) is 12.2 Å². The number of benzene rings is 3. The van der Waals surface area contributed by atoms with Gasteiger partial charge in [0.15, 0.2) is 0 Å². The summed E-state index contributed by atoms with van der Waals surface area (Å²) in [5.41, 5.74) is 4.66. The monoisotopic (exact) mass is 338 g/mol. The molecule has 3 aromatic rings. The average Bonchev–Trinajstić information content (AvgIpc) is 2.72. The quantitative estimate of drug-likeness (QED) is 0.663. The Morgan fingerprint density at radius 2 is 0.923 bits per heavy atom. The van der Waals surface area contributed by atoms with E-state index in [-0.39, 0.29) is 0 Å². The van der Waals surface area contributed by atoms with Gasteiger partial charge in [-0.3, -0.25) is 0 Å². The van der Waals surface area contributed by atoms with Gasteiger partial charge < -0.3 is 10.0 Å². The van der Waals surface area contributed by atoms with E-state index in [1.54, 1.807) is 12.2 Å². The molecule has 0 spiro atoms. The molecule has 26 heavy (non-hydrogen) atoms. The van der Waals surface area contributed by atoms with Crippen LogP contribution in [0.3, 0.4) is 0 Å². The third-order valence-corrected chi connectivity index (χ3v) is 4.58. The van der Waals surface area contributed by atoms with Gasteiger partial charge in [-0.1, -0.05) is 98.1 Å². The van der Waals surface area contributed by atoms with Gasteiger partial charge in [-0.05, 0) is 33.0 Å². The lowest BCUT2D eigenvalue weighted by Gasteiger charge is -2.18. The normalized spacial score (nSPS) is 10.2. The molecule has 0 fully saturated rings. The van der Waals surface area contributed by atoms with Crippen molar-refractivity contribution >= 4 is 47.8 Å². The number of hydrogen-bond acceptors (Lipinski definition) is 2. The summed E-state index contributed by atoms with van der Waals surface area (Å²) in [7, 11) is 0. The van der Waals surface area contributed by atoms with Crippen molar-refractivity contribution in [2.45, 2.75) is 0 Å². The largest absolute Gasteiger partial charge is 0.443 e. The van der Waals surface area contributed by atoms with E-state index in [0.29, 0.717) is 0 Å². The van der Waals surface area contributed by atoms with Crippen molar-refractivity contribution in [3.05, 3.63) is 97.1 Å². The van der Waals surface area contributed by atoms with Crippen LogP contribution in [-0.4, -0.2) is 23.9 Å². The molecule has 0 bridgehead atoms. The van der Waals surface area contributed by atoms with Gasteiger partial charge >= 0.3 is 13.8 Å². The zero-order valence-corrected chi connectivity index (χ0v) is 14.5. The van der Waals surface area contributed by atoms with Crippen LogP contribution in [0.1, 0.15) is 11.1 Å². The average molecular weight is 338 g/mol. The van der Waals surface area contributed by atoms with Gasteiger partial charge in [0, 0.05) is 0 Å². The first-order valence-electron chi connectivity index (χ1n) is 8.55. The van der Waals surface area contributed by atoms with Crippen LogP contribution in [0.4, 0.5) is 0 Å². The lowest BCUT2D eigenvalue weighted by molar-refractivity contribution is 0.598. The van der Waals surface area contributed by atoms with Crippen molar-refractivity contribution in [1.82, 2.24) is 0 Å². The second-order valence-corrected chi connectivity index (χ2v) is 6.11. The van der Waals surface area contributed by atoms with E-state index in [0.717, 1.165) is 33.0 Å². The first-order valence-corrected chi connectivity index (χ1v) is 8.55. The molecule has 2 N–H and O–H groups in total. The summed E-state index contributed by atoms with van der Waals surface area (Å²) in [4.78, 5) is 0.